The van der Waals surface area contributed by atoms with Gasteiger partial charge in [-0.2, -0.15) is 0 Å². The normalized spacial score (nSPS) is 18.2. The number of alkyl halides is 2. The summed E-state index contributed by atoms with van der Waals surface area (Å²) in [4.78, 5) is 40.8. The number of rotatable bonds is 9. The van der Waals surface area contributed by atoms with Gasteiger partial charge in [-0.05, 0) is 42.4 Å². The lowest BCUT2D eigenvalue weighted by Crippen LogP contribution is -2.55. The first kappa shape index (κ1) is 26.0. The summed E-state index contributed by atoms with van der Waals surface area (Å²) in [5.74, 6) is -1.52. The summed E-state index contributed by atoms with van der Waals surface area (Å²) >= 11 is 0. The highest BCUT2D eigenvalue weighted by Gasteiger charge is 2.36. The highest BCUT2D eigenvalue weighted by Crippen LogP contribution is 2.33. The summed E-state index contributed by atoms with van der Waals surface area (Å²) in [5, 5.41) is 2.50. The monoisotopic (exact) mass is 480 g/mol. The van der Waals surface area contributed by atoms with E-state index >= 15 is 0 Å². The van der Waals surface area contributed by atoms with Crippen molar-refractivity contribution in [3.05, 3.63) is 23.8 Å². The molecule has 1 aromatic carbocycles. The molecule has 1 aliphatic carbocycles. The molecule has 10 heteroatoms. The Bertz CT molecular complexity index is 915. The molecule has 3 amide bonds. The van der Waals surface area contributed by atoms with E-state index in [-0.39, 0.29) is 30.2 Å². The summed E-state index contributed by atoms with van der Waals surface area (Å²) in [7, 11) is 0. The molecule has 3 N–H and O–H groups in total. The van der Waals surface area contributed by atoms with Crippen molar-refractivity contribution >= 4 is 29.1 Å². The molecule has 1 saturated heterocycles. The SMILES string of the molecule is CC(C)(C)CN(CC1CCC1)[C@H](C(N)=O)C(=O)Nc1ccc(N2CCOCC2=O)cc1C(F)F. The highest BCUT2D eigenvalue weighted by molar-refractivity contribution is 6.10. The van der Waals surface area contributed by atoms with Crippen molar-refractivity contribution in [3.8, 4) is 0 Å². The number of carbonyl (C=O) groups excluding carboxylic acids is 3. The first-order valence-electron chi connectivity index (χ1n) is 11.6. The number of benzene rings is 1. The van der Waals surface area contributed by atoms with E-state index in [1.54, 1.807) is 4.90 Å². The smallest absolute Gasteiger partial charge is 0.265 e. The molecular formula is C24H34F2N4O4. The van der Waals surface area contributed by atoms with Crippen molar-refractivity contribution in [1.82, 2.24) is 4.90 Å². The largest absolute Gasteiger partial charge is 0.370 e. The molecule has 1 aliphatic heterocycles. The Morgan fingerprint density at radius 1 is 1.29 bits per heavy atom. The van der Waals surface area contributed by atoms with Gasteiger partial charge in [0.05, 0.1) is 6.61 Å². The Hall–Kier alpha value is -2.59. The number of morpholine rings is 1. The van der Waals surface area contributed by atoms with Crippen molar-refractivity contribution in [1.29, 1.82) is 0 Å². The third-order valence-corrected chi connectivity index (χ3v) is 6.10. The molecule has 1 saturated carbocycles. The fourth-order valence-corrected chi connectivity index (χ4v) is 4.36. The molecule has 1 aromatic rings. The van der Waals surface area contributed by atoms with E-state index in [9.17, 15) is 23.2 Å². The molecule has 0 aromatic heterocycles. The van der Waals surface area contributed by atoms with Crippen LogP contribution >= 0.6 is 0 Å². The van der Waals surface area contributed by atoms with Gasteiger partial charge in [0.1, 0.15) is 6.61 Å². The molecule has 0 spiro atoms. The Labute approximate surface area is 198 Å². The second-order valence-corrected chi connectivity index (χ2v) is 10.3. The van der Waals surface area contributed by atoms with Gasteiger partial charge in [0.15, 0.2) is 6.04 Å². The number of carbonyl (C=O) groups is 3. The lowest BCUT2D eigenvalue weighted by Gasteiger charge is -2.38. The molecule has 2 fully saturated rings. The van der Waals surface area contributed by atoms with Crippen molar-refractivity contribution < 1.29 is 27.9 Å². The van der Waals surface area contributed by atoms with Crippen LogP contribution < -0.4 is 16.0 Å². The predicted octanol–water partition coefficient (Wildman–Crippen LogP) is 2.93. The zero-order valence-electron chi connectivity index (χ0n) is 20.0. The second-order valence-electron chi connectivity index (χ2n) is 10.3. The van der Waals surface area contributed by atoms with Crippen LogP contribution in [0.4, 0.5) is 20.2 Å². The summed E-state index contributed by atoms with van der Waals surface area (Å²) in [6, 6.07) is 2.72. The van der Waals surface area contributed by atoms with Gasteiger partial charge in [-0.3, -0.25) is 19.3 Å². The summed E-state index contributed by atoms with van der Waals surface area (Å²) in [6.07, 6.45) is 0.242. The molecule has 0 radical (unpaired) electrons. The number of halogens is 2. The number of primary amides is 1. The fourth-order valence-electron chi connectivity index (χ4n) is 4.36. The molecule has 2 aliphatic rings. The minimum Gasteiger partial charge on any atom is -0.370 e. The van der Waals surface area contributed by atoms with E-state index in [0.717, 1.165) is 19.3 Å². The first-order valence-corrected chi connectivity index (χ1v) is 11.6. The number of hydrogen-bond acceptors (Lipinski definition) is 5. The van der Waals surface area contributed by atoms with Gasteiger partial charge in [-0.1, -0.05) is 27.2 Å². The molecule has 34 heavy (non-hydrogen) atoms. The van der Waals surface area contributed by atoms with Crippen molar-refractivity contribution in [2.75, 3.05) is 43.1 Å². The molecule has 1 atom stereocenters. The van der Waals surface area contributed by atoms with E-state index in [1.807, 2.05) is 20.8 Å². The molecule has 0 unspecified atom stereocenters. The maximum Gasteiger partial charge on any atom is 0.265 e. The molecule has 3 rings (SSSR count). The number of nitrogens with one attached hydrogen (secondary N) is 1. The second kappa shape index (κ2) is 10.8. The molecule has 8 nitrogen and oxygen atoms in total. The lowest BCUT2D eigenvalue weighted by atomic mass is 9.84. The fraction of sp³-hybridized carbons (Fsp3) is 0.625. The number of nitrogens with two attached hydrogens (primary N) is 1. The Morgan fingerprint density at radius 2 is 2.00 bits per heavy atom. The Morgan fingerprint density at radius 3 is 2.53 bits per heavy atom. The molecule has 1 heterocycles. The van der Waals surface area contributed by atoms with Gasteiger partial charge in [-0.25, -0.2) is 8.78 Å². The van der Waals surface area contributed by atoms with Crippen LogP contribution in [0, 0.1) is 11.3 Å². The Kier molecular flexibility index (Phi) is 8.25. The molecular weight excluding hydrogens is 446 g/mol. The maximum absolute atomic E-state index is 13.9. The number of ether oxygens (including phenoxy) is 1. The third-order valence-electron chi connectivity index (χ3n) is 6.10. The summed E-state index contributed by atoms with van der Waals surface area (Å²) in [5.41, 5.74) is 5.17. The van der Waals surface area contributed by atoms with Crippen LogP contribution in [-0.2, 0) is 19.1 Å². The van der Waals surface area contributed by atoms with Gasteiger partial charge in [0.2, 0.25) is 5.91 Å². The third kappa shape index (κ3) is 6.50. The van der Waals surface area contributed by atoms with E-state index in [2.05, 4.69) is 5.32 Å². The lowest BCUT2D eigenvalue weighted by molar-refractivity contribution is -0.133. The average Bonchev–Trinajstić information content (AvgIpc) is 2.70. The van der Waals surface area contributed by atoms with Gasteiger partial charge < -0.3 is 20.7 Å². The number of hydrogen-bond donors (Lipinski definition) is 2. The maximum atomic E-state index is 13.9. The topological polar surface area (TPSA) is 105 Å². The highest BCUT2D eigenvalue weighted by atomic mass is 19.3. The van der Waals surface area contributed by atoms with Crippen LogP contribution in [0.5, 0.6) is 0 Å². The summed E-state index contributed by atoms with van der Waals surface area (Å²) < 4.78 is 32.9. The van der Waals surface area contributed by atoms with Crippen molar-refractivity contribution in [3.63, 3.8) is 0 Å². The van der Waals surface area contributed by atoms with Gasteiger partial charge in [0.25, 0.3) is 18.2 Å². The zero-order valence-corrected chi connectivity index (χ0v) is 20.0. The molecule has 188 valence electrons. The van der Waals surface area contributed by atoms with Crippen molar-refractivity contribution in [2.24, 2.45) is 17.1 Å². The molecule has 0 bridgehead atoms. The van der Waals surface area contributed by atoms with Crippen LogP contribution in [0.15, 0.2) is 18.2 Å². The van der Waals surface area contributed by atoms with Crippen LogP contribution in [0.3, 0.4) is 0 Å². The quantitative estimate of drug-likeness (QED) is 0.529. The predicted molar refractivity (Wildman–Crippen MR) is 125 cm³/mol. The first-order chi connectivity index (χ1) is 16.0. The van der Waals surface area contributed by atoms with E-state index in [1.165, 1.54) is 23.1 Å². The van der Waals surface area contributed by atoms with E-state index < -0.39 is 29.8 Å². The van der Waals surface area contributed by atoms with E-state index in [0.29, 0.717) is 31.3 Å². The van der Waals surface area contributed by atoms with Crippen LogP contribution in [-0.4, -0.2) is 61.5 Å². The van der Waals surface area contributed by atoms with Gasteiger partial charge in [0, 0.05) is 36.6 Å². The zero-order chi connectivity index (χ0) is 25.0. The van der Waals surface area contributed by atoms with E-state index in [4.69, 9.17) is 10.5 Å². The standard InChI is InChI=1S/C24H34F2N4O4/c1-24(2,3)14-29(12-15-5-4-6-15)20(22(27)32)23(33)28-18-8-7-16(11-17(18)21(25)26)30-9-10-34-13-19(30)31/h7-8,11,15,20-21H,4-6,9-10,12-14H2,1-3H3,(H2,27,32)(H,28,33)/t20-/m1/s1. The number of nitrogens with zero attached hydrogens (tertiary/aromatic N) is 2. The number of anilines is 2. The number of amides is 3. The van der Waals surface area contributed by atoms with Crippen molar-refractivity contribution in [2.45, 2.75) is 52.5 Å². The minimum absolute atomic E-state index is 0.116. The average molecular weight is 481 g/mol. The Balaban J connectivity index is 1.85. The van der Waals surface area contributed by atoms with Crippen LogP contribution in [0.2, 0.25) is 0 Å². The van der Waals surface area contributed by atoms with Crippen LogP contribution in [0.25, 0.3) is 0 Å². The van der Waals surface area contributed by atoms with Crippen LogP contribution in [0.1, 0.15) is 52.0 Å². The summed E-state index contributed by atoms with van der Waals surface area (Å²) in [6.45, 7) is 7.42. The van der Waals surface area contributed by atoms with Gasteiger partial charge >= 0.3 is 0 Å². The minimum atomic E-state index is -2.90. The van der Waals surface area contributed by atoms with Gasteiger partial charge in [-0.15, -0.1) is 0 Å².